The van der Waals surface area contributed by atoms with Gasteiger partial charge in [0.25, 0.3) is 0 Å². The monoisotopic (exact) mass is 286 g/mol. The van der Waals surface area contributed by atoms with Crippen molar-refractivity contribution in [3.63, 3.8) is 0 Å². The van der Waals surface area contributed by atoms with E-state index < -0.39 is 5.97 Å². The van der Waals surface area contributed by atoms with Crippen molar-refractivity contribution in [2.45, 2.75) is 20.0 Å². The third-order valence-electron chi connectivity index (χ3n) is 2.96. The fourth-order valence-electron chi connectivity index (χ4n) is 1.95. The molecular formula is C16H18N2O3. The lowest BCUT2D eigenvalue weighted by molar-refractivity contribution is -0.121. The van der Waals surface area contributed by atoms with Crippen LogP contribution in [-0.4, -0.2) is 23.1 Å². The average Bonchev–Trinajstić information content (AvgIpc) is 2.95. The minimum Gasteiger partial charge on any atom is -0.461 e. The molecular weight excluding hydrogens is 268 g/mol. The highest BCUT2D eigenvalue weighted by Gasteiger charge is 2.13. The van der Waals surface area contributed by atoms with Crippen LogP contribution in [0.2, 0.25) is 0 Å². The third-order valence-corrected chi connectivity index (χ3v) is 2.96. The molecule has 1 amide bonds. The molecule has 1 heterocycles. The average molecular weight is 286 g/mol. The van der Waals surface area contributed by atoms with Gasteiger partial charge < -0.3 is 14.6 Å². The molecule has 1 N–H and O–H groups in total. The van der Waals surface area contributed by atoms with Crippen LogP contribution in [0.1, 0.15) is 23.0 Å². The number of hydrogen-bond donors (Lipinski definition) is 1. The standard InChI is InChI=1S/C16H18N2O3/c1-2-21-16(20)14-9-6-10-18(14)12-15(19)17-11-13-7-4-3-5-8-13/h3-10H,2,11-12H2,1H3,(H,17,19). The molecule has 2 rings (SSSR count). The first-order valence-electron chi connectivity index (χ1n) is 6.83. The predicted molar refractivity (Wildman–Crippen MR) is 78.7 cm³/mol. The predicted octanol–water partition coefficient (Wildman–Crippen LogP) is 1.98. The van der Waals surface area contributed by atoms with E-state index in [2.05, 4.69) is 5.32 Å². The zero-order chi connectivity index (χ0) is 15.1. The van der Waals surface area contributed by atoms with Gasteiger partial charge in [-0.15, -0.1) is 0 Å². The number of carbonyl (C=O) groups is 2. The fourth-order valence-corrected chi connectivity index (χ4v) is 1.95. The Morgan fingerprint density at radius 1 is 1.14 bits per heavy atom. The van der Waals surface area contributed by atoms with Gasteiger partial charge in [0.15, 0.2) is 0 Å². The number of hydrogen-bond acceptors (Lipinski definition) is 3. The maximum absolute atomic E-state index is 11.9. The zero-order valence-electron chi connectivity index (χ0n) is 11.9. The summed E-state index contributed by atoms with van der Waals surface area (Å²) in [6, 6.07) is 13.0. The number of aromatic nitrogens is 1. The van der Waals surface area contributed by atoms with Crippen LogP contribution in [0.3, 0.4) is 0 Å². The molecule has 21 heavy (non-hydrogen) atoms. The molecule has 0 aliphatic rings. The second kappa shape index (κ2) is 7.28. The number of esters is 1. The van der Waals surface area contributed by atoms with Gasteiger partial charge in [-0.1, -0.05) is 30.3 Å². The molecule has 0 saturated heterocycles. The summed E-state index contributed by atoms with van der Waals surface area (Å²) in [4.78, 5) is 23.6. The van der Waals surface area contributed by atoms with E-state index in [4.69, 9.17) is 4.74 Å². The Morgan fingerprint density at radius 2 is 1.90 bits per heavy atom. The summed E-state index contributed by atoms with van der Waals surface area (Å²) >= 11 is 0. The van der Waals surface area contributed by atoms with Gasteiger partial charge in [0.2, 0.25) is 5.91 Å². The summed E-state index contributed by atoms with van der Waals surface area (Å²) in [6.45, 7) is 2.62. The van der Waals surface area contributed by atoms with Crippen molar-refractivity contribution in [3.05, 3.63) is 59.9 Å². The van der Waals surface area contributed by atoms with Crippen molar-refractivity contribution in [1.29, 1.82) is 0 Å². The number of carbonyl (C=O) groups excluding carboxylic acids is 2. The van der Waals surface area contributed by atoms with E-state index in [1.165, 1.54) is 0 Å². The lowest BCUT2D eigenvalue weighted by atomic mass is 10.2. The quantitative estimate of drug-likeness (QED) is 0.826. The zero-order valence-corrected chi connectivity index (χ0v) is 11.9. The summed E-state index contributed by atoms with van der Waals surface area (Å²) in [5.41, 5.74) is 1.41. The second-order valence-electron chi connectivity index (χ2n) is 4.50. The highest BCUT2D eigenvalue weighted by Crippen LogP contribution is 2.05. The van der Waals surface area contributed by atoms with Gasteiger partial charge in [-0.2, -0.15) is 0 Å². The summed E-state index contributed by atoms with van der Waals surface area (Å²) in [5.74, 6) is -0.570. The Kier molecular flexibility index (Phi) is 5.15. The number of rotatable bonds is 6. The number of nitrogens with zero attached hydrogens (tertiary/aromatic N) is 1. The molecule has 5 heteroatoms. The van der Waals surface area contributed by atoms with Crippen LogP contribution >= 0.6 is 0 Å². The molecule has 0 unspecified atom stereocenters. The molecule has 0 fully saturated rings. The maximum Gasteiger partial charge on any atom is 0.354 e. The Balaban J connectivity index is 1.91. The van der Waals surface area contributed by atoms with Crippen LogP contribution in [-0.2, 0) is 22.6 Å². The van der Waals surface area contributed by atoms with Crippen molar-refractivity contribution >= 4 is 11.9 Å². The van der Waals surface area contributed by atoms with Gasteiger partial charge in [-0.25, -0.2) is 4.79 Å². The van der Waals surface area contributed by atoms with Crippen LogP contribution in [0.4, 0.5) is 0 Å². The lowest BCUT2D eigenvalue weighted by Crippen LogP contribution is -2.28. The number of nitrogens with one attached hydrogen (secondary N) is 1. The van der Waals surface area contributed by atoms with Crippen LogP contribution in [0.15, 0.2) is 48.7 Å². The van der Waals surface area contributed by atoms with Gasteiger partial charge in [-0.05, 0) is 24.6 Å². The second-order valence-corrected chi connectivity index (χ2v) is 4.50. The van der Waals surface area contributed by atoms with E-state index >= 15 is 0 Å². The van der Waals surface area contributed by atoms with Gasteiger partial charge in [0, 0.05) is 12.7 Å². The lowest BCUT2D eigenvalue weighted by Gasteiger charge is -2.09. The molecule has 2 aromatic rings. The van der Waals surface area contributed by atoms with Gasteiger partial charge in [0.05, 0.1) is 6.61 Å². The van der Waals surface area contributed by atoms with Crippen molar-refractivity contribution in [2.24, 2.45) is 0 Å². The van der Waals surface area contributed by atoms with Crippen molar-refractivity contribution in [3.8, 4) is 0 Å². The van der Waals surface area contributed by atoms with Crippen molar-refractivity contribution < 1.29 is 14.3 Å². The highest BCUT2D eigenvalue weighted by molar-refractivity contribution is 5.88. The topological polar surface area (TPSA) is 60.3 Å². The minimum absolute atomic E-state index is 0.0913. The molecule has 0 bridgehead atoms. The molecule has 0 spiro atoms. The fraction of sp³-hybridized carbons (Fsp3) is 0.250. The van der Waals surface area contributed by atoms with E-state index in [-0.39, 0.29) is 12.5 Å². The van der Waals surface area contributed by atoms with E-state index in [1.807, 2.05) is 30.3 Å². The summed E-state index contributed by atoms with van der Waals surface area (Å²) in [5, 5.41) is 2.82. The van der Waals surface area contributed by atoms with Crippen molar-refractivity contribution in [2.75, 3.05) is 6.61 Å². The molecule has 0 radical (unpaired) electrons. The molecule has 0 aliphatic heterocycles. The largest absolute Gasteiger partial charge is 0.461 e. The van der Waals surface area contributed by atoms with E-state index in [0.29, 0.717) is 18.8 Å². The smallest absolute Gasteiger partial charge is 0.354 e. The van der Waals surface area contributed by atoms with E-state index in [1.54, 1.807) is 29.8 Å². The van der Waals surface area contributed by atoms with Crippen LogP contribution in [0.25, 0.3) is 0 Å². The third kappa shape index (κ3) is 4.21. The van der Waals surface area contributed by atoms with Gasteiger partial charge in [0.1, 0.15) is 12.2 Å². The molecule has 1 aromatic carbocycles. The van der Waals surface area contributed by atoms with Gasteiger partial charge >= 0.3 is 5.97 Å². The normalized spacial score (nSPS) is 10.1. The first-order chi connectivity index (χ1) is 10.2. The Labute approximate surface area is 123 Å². The number of ether oxygens (including phenoxy) is 1. The summed E-state index contributed by atoms with van der Waals surface area (Å²) in [6.07, 6.45) is 1.69. The molecule has 1 aromatic heterocycles. The van der Waals surface area contributed by atoms with E-state index in [0.717, 1.165) is 5.56 Å². The van der Waals surface area contributed by atoms with Crippen LogP contribution in [0.5, 0.6) is 0 Å². The van der Waals surface area contributed by atoms with Gasteiger partial charge in [-0.3, -0.25) is 4.79 Å². The summed E-state index contributed by atoms with van der Waals surface area (Å²) < 4.78 is 6.53. The Hall–Kier alpha value is -2.56. The van der Waals surface area contributed by atoms with Crippen LogP contribution < -0.4 is 5.32 Å². The number of benzene rings is 1. The molecule has 0 saturated carbocycles. The van der Waals surface area contributed by atoms with Crippen molar-refractivity contribution in [1.82, 2.24) is 9.88 Å². The highest BCUT2D eigenvalue weighted by atomic mass is 16.5. The number of amides is 1. The van der Waals surface area contributed by atoms with E-state index in [9.17, 15) is 9.59 Å². The molecule has 0 atom stereocenters. The van der Waals surface area contributed by atoms with Crippen LogP contribution in [0, 0.1) is 0 Å². The SMILES string of the molecule is CCOC(=O)c1cccn1CC(=O)NCc1ccccc1. The Morgan fingerprint density at radius 3 is 2.62 bits per heavy atom. The maximum atomic E-state index is 11.9. The minimum atomic E-state index is -0.418. The first-order valence-corrected chi connectivity index (χ1v) is 6.83. The molecule has 5 nitrogen and oxygen atoms in total. The first kappa shape index (κ1) is 14.8. The molecule has 110 valence electrons. The summed E-state index contributed by atoms with van der Waals surface area (Å²) in [7, 11) is 0. The molecule has 0 aliphatic carbocycles. The Bertz CT molecular complexity index is 605.